The van der Waals surface area contributed by atoms with Gasteiger partial charge in [0.15, 0.2) is 0 Å². The van der Waals surface area contributed by atoms with Crippen LogP contribution in [-0.4, -0.2) is 25.1 Å². The standard InChI is InChI=1S/C21H17F3N4OS/c1-26(2)19-8-5-9-20(25-19)28-21(29)27(17-6-3-4-7-18(17)30-28)12-14-15(23)10-13(22)11-16(14)24/h3-11H,12H2,1-2H3. The molecule has 1 aromatic heterocycles. The fourth-order valence-electron chi connectivity index (χ4n) is 3.06. The number of aromatic nitrogens is 1. The second-order valence-electron chi connectivity index (χ2n) is 6.82. The number of amides is 2. The number of carbonyl (C=O) groups is 1. The lowest BCUT2D eigenvalue weighted by atomic mass is 10.1. The predicted octanol–water partition coefficient (Wildman–Crippen LogP) is 5.22. The highest BCUT2D eigenvalue weighted by molar-refractivity contribution is 8.01. The second-order valence-corrected chi connectivity index (χ2v) is 7.81. The van der Waals surface area contributed by atoms with Gasteiger partial charge < -0.3 is 4.90 Å². The number of fused-ring (bicyclic) bond motifs is 1. The number of nitrogens with zero attached hydrogens (tertiary/aromatic N) is 4. The molecule has 0 saturated heterocycles. The summed E-state index contributed by atoms with van der Waals surface area (Å²) in [5.41, 5.74) is 0.122. The van der Waals surface area contributed by atoms with Crippen molar-refractivity contribution in [3.63, 3.8) is 0 Å². The SMILES string of the molecule is CN(C)c1cccc(N2Sc3ccccc3N(Cc3c(F)cc(F)cc3F)C2=O)n1. The monoisotopic (exact) mass is 430 g/mol. The van der Waals surface area contributed by atoms with Gasteiger partial charge in [0.1, 0.15) is 29.1 Å². The summed E-state index contributed by atoms with van der Waals surface area (Å²) in [6, 6.07) is 13.0. The van der Waals surface area contributed by atoms with Gasteiger partial charge in [-0.15, -0.1) is 0 Å². The first kappa shape index (κ1) is 20.1. The lowest BCUT2D eigenvalue weighted by molar-refractivity contribution is 0.254. The molecule has 0 spiro atoms. The number of pyridine rings is 1. The van der Waals surface area contributed by atoms with Gasteiger partial charge in [0, 0.05) is 43.7 Å². The fourth-order valence-corrected chi connectivity index (χ4v) is 4.04. The van der Waals surface area contributed by atoms with Crippen molar-refractivity contribution < 1.29 is 18.0 Å². The van der Waals surface area contributed by atoms with Crippen molar-refractivity contribution in [1.29, 1.82) is 0 Å². The van der Waals surface area contributed by atoms with Crippen molar-refractivity contribution in [3.8, 4) is 0 Å². The van der Waals surface area contributed by atoms with Crippen molar-refractivity contribution in [2.45, 2.75) is 11.4 Å². The van der Waals surface area contributed by atoms with Crippen LogP contribution in [0.1, 0.15) is 5.56 Å². The van der Waals surface area contributed by atoms with E-state index in [1.165, 1.54) is 21.2 Å². The molecule has 0 radical (unpaired) electrons. The van der Waals surface area contributed by atoms with Crippen LogP contribution in [0.3, 0.4) is 0 Å². The molecule has 2 heterocycles. The molecular weight excluding hydrogens is 413 g/mol. The topological polar surface area (TPSA) is 39.7 Å². The molecule has 30 heavy (non-hydrogen) atoms. The third-order valence-corrected chi connectivity index (χ3v) is 5.63. The summed E-state index contributed by atoms with van der Waals surface area (Å²) in [5, 5.41) is 0. The molecule has 1 aliphatic heterocycles. The van der Waals surface area contributed by atoms with E-state index in [9.17, 15) is 18.0 Å². The van der Waals surface area contributed by atoms with Gasteiger partial charge in [0.25, 0.3) is 0 Å². The average Bonchev–Trinajstić information content (AvgIpc) is 2.71. The van der Waals surface area contributed by atoms with E-state index in [1.54, 1.807) is 47.4 Å². The van der Waals surface area contributed by atoms with E-state index in [2.05, 4.69) is 4.98 Å². The molecule has 5 nitrogen and oxygen atoms in total. The summed E-state index contributed by atoms with van der Waals surface area (Å²) in [4.78, 5) is 21.6. The number of halogens is 3. The number of rotatable bonds is 4. The summed E-state index contributed by atoms with van der Waals surface area (Å²) >= 11 is 1.18. The van der Waals surface area contributed by atoms with E-state index in [0.29, 0.717) is 29.5 Å². The Kier molecular flexibility index (Phi) is 5.29. The van der Waals surface area contributed by atoms with Gasteiger partial charge in [-0.25, -0.2) is 27.3 Å². The first-order chi connectivity index (χ1) is 14.3. The summed E-state index contributed by atoms with van der Waals surface area (Å²) < 4.78 is 43.2. The normalized spacial score (nSPS) is 13.4. The van der Waals surface area contributed by atoms with E-state index in [0.717, 1.165) is 4.90 Å². The average molecular weight is 430 g/mol. The summed E-state index contributed by atoms with van der Waals surface area (Å²) in [6.45, 7) is -0.391. The Labute approximate surface area is 175 Å². The summed E-state index contributed by atoms with van der Waals surface area (Å²) in [7, 11) is 3.66. The lowest BCUT2D eigenvalue weighted by Crippen LogP contribution is -2.43. The van der Waals surface area contributed by atoms with Crippen LogP contribution in [-0.2, 0) is 6.54 Å². The van der Waals surface area contributed by atoms with E-state index in [4.69, 9.17) is 0 Å². The molecule has 0 atom stereocenters. The van der Waals surface area contributed by atoms with E-state index in [-0.39, 0.29) is 5.56 Å². The maximum absolute atomic E-state index is 14.3. The van der Waals surface area contributed by atoms with Crippen LogP contribution in [0.15, 0.2) is 59.5 Å². The molecular formula is C21H17F3N4OS. The minimum absolute atomic E-state index is 0.385. The fraction of sp³-hybridized carbons (Fsp3) is 0.143. The van der Waals surface area contributed by atoms with Crippen LogP contribution in [0, 0.1) is 17.5 Å². The Bertz CT molecular complexity index is 1100. The largest absolute Gasteiger partial charge is 0.363 e. The lowest BCUT2D eigenvalue weighted by Gasteiger charge is -2.35. The maximum Gasteiger partial charge on any atom is 0.341 e. The van der Waals surface area contributed by atoms with Gasteiger partial charge in [0.2, 0.25) is 0 Å². The Morgan fingerprint density at radius 2 is 1.70 bits per heavy atom. The molecule has 3 aromatic rings. The second kappa shape index (κ2) is 7.91. The van der Waals surface area contributed by atoms with Crippen LogP contribution >= 0.6 is 11.9 Å². The van der Waals surface area contributed by atoms with E-state index < -0.39 is 30.0 Å². The number of hydrogen-bond donors (Lipinski definition) is 0. The zero-order valence-electron chi connectivity index (χ0n) is 16.1. The summed E-state index contributed by atoms with van der Waals surface area (Å²) in [6.07, 6.45) is 0. The molecule has 4 rings (SSSR count). The zero-order valence-corrected chi connectivity index (χ0v) is 17.0. The van der Waals surface area contributed by atoms with Gasteiger partial charge >= 0.3 is 6.03 Å². The zero-order chi connectivity index (χ0) is 21.4. The smallest absolute Gasteiger partial charge is 0.341 e. The third kappa shape index (κ3) is 3.68. The van der Waals surface area contributed by atoms with Gasteiger partial charge in [-0.3, -0.25) is 4.90 Å². The quantitative estimate of drug-likeness (QED) is 0.532. The number of para-hydroxylation sites is 1. The molecule has 0 aliphatic carbocycles. The Morgan fingerprint density at radius 1 is 1.00 bits per heavy atom. The van der Waals surface area contributed by atoms with Crippen molar-refractivity contribution >= 4 is 35.3 Å². The molecule has 2 aromatic carbocycles. The number of urea groups is 1. The highest BCUT2D eigenvalue weighted by Crippen LogP contribution is 2.41. The highest BCUT2D eigenvalue weighted by atomic mass is 32.2. The Morgan fingerprint density at radius 3 is 2.40 bits per heavy atom. The van der Waals surface area contributed by atoms with Crippen molar-refractivity contribution in [3.05, 3.63) is 77.6 Å². The van der Waals surface area contributed by atoms with Crippen molar-refractivity contribution in [2.24, 2.45) is 0 Å². The number of benzene rings is 2. The molecule has 0 unspecified atom stereocenters. The minimum atomic E-state index is -1.05. The maximum atomic E-state index is 14.3. The predicted molar refractivity (Wildman–Crippen MR) is 111 cm³/mol. The van der Waals surface area contributed by atoms with Crippen LogP contribution in [0.25, 0.3) is 0 Å². The van der Waals surface area contributed by atoms with Gasteiger partial charge in [-0.2, -0.15) is 0 Å². The Hall–Kier alpha value is -3.20. The molecule has 0 fully saturated rings. The molecule has 0 saturated carbocycles. The van der Waals surface area contributed by atoms with Gasteiger partial charge in [-0.05, 0) is 24.3 Å². The van der Waals surface area contributed by atoms with Crippen molar-refractivity contribution in [1.82, 2.24) is 4.98 Å². The number of hydrogen-bond acceptors (Lipinski definition) is 4. The molecule has 9 heteroatoms. The molecule has 0 N–H and O–H groups in total. The highest BCUT2D eigenvalue weighted by Gasteiger charge is 2.34. The number of carbonyl (C=O) groups excluding carboxylic acids is 1. The minimum Gasteiger partial charge on any atom is -0.363 e. The molecule has 154 valence electrons. The first-order valence-electron chi connectivity index (χ1n) is 9.01. The van der Waals surface area contributed by atoms with Crippen LogP contribution in [0.2, 0.25) is 0 Å². The van der Waals surface area contributed by atoms with Crippen molar-refractivity contribution in [2.75, 3.05) is 28.2 Å². The van der Waals surface area contributed by atoms with E-state index >= 15 is 0 Å². The third-order valence-electron chi connectivity index (χ3n) is 4.56. The van der Waals surface area contributed by atoms with Gasteiger partial charge in [0.05, 0.1) is 17.1 Å². The summed E-state index contributed by atoms with van der Waals surface area (Å²) in [5.74, 6) is -2.07. The Balaban J connectivity index is 1.77. The molecule has 1 aliphatic rings. The van der Waals surface area contributed by atoms with Crippen LogP contribution < -0.4 is 14.1 Å². The first-order valence-corrected chi connectivity index (χ1v) is 9.79. The van der Waals surface area contributed by atoms with E-state index in [1.807, 2.05) is 14.1 Å². The molecule has 0 bridgehead atoms. The molecule has 2 amide bonds. The number of anilines is 3. The van der Waals surface area contributed by atoms with Crippen LogP contribution in [0.5, 0.6) is 0 Å². The van der Waals surface area contributed by atoms with Crippen LogP contribution in [0.4, 0.5) is 35.3 Å². The van der Waals surface area contributed by atoms with Gasteiger partial charge in [-0.1, -0.05) is 18.2 Å².